The normalized spacial score (nSPS) is 18.4. The molecule has 2 atom stereocenters. The maximum atomic E-state index is 11.7. The number of rotatable bonds is 9. The summed E-state index contributed by atoms with van der Waals surface area (Å²) in [5.41, 5.74) is 2.44. The lowest BCUT2D eigenvalue weighted by Gasteiger charge is -2.32. The molecule has 0 bridgehead atoms. The first kappa shape index (κ1) is 24.8. The first-order valence-electron chi connectivity index (χ1n) is 13.8. The third kappa shape index (κ3) is 4.84. The van der Waals surface area contributed by atoms with Crippen LogP contribution in [0.3, 0.4) is 0 Å². The molecule has 0 amide bonds. The van der Waals surface area contributed by atoms with Crippen molar-refractivity contribution in [2.45, 2.75) is 77.0 Å². The van der Waals surface area contributed by atoms with Crippen molar-refractivity contribution in [1.82, 2.24) is 29.7 Å². The van der Waals surface area contributed by atoms with E-state index in [1.807, 2.05) is 18.2 Å². The smallest absolute Gasteiger partial charge is 0.369 e. The molecular formula is C28H35N7O3. The van der Waals surface area contributed by atoms with E-state index in [4.69, 9.17) is 24.2 Å². The summed E-state index contributed by atoms with van der Waals surface area (Å²) in [5, 5.41) is 7.53. The van der Waals surface area contributed by atoms with Crippen molar-refractivity contribution in [3.8, 4) is 11.6 Å². The number of hydrogen-bond donors (Lipinski definition) is 2. The van der Waals surface area contributed by atoms with Crippen molar-refractivity contribution < 1.29 is 9.26 Å². The van der Waals surface area contributed by atoms with E-state index in [2.05, 4.69) is 39.1 Å². The van der Waals surface area contributed by atoms with E-state index in [0.717, 1.165) is 23.4 Å². The van der Waals surface area contributed by atoms with Crippen molar-refractivity contribution in [1.29, 1.82) is 0 Å². The van der Waals surface area contributed by atoms with E-state index in [1.165, 1.54) is 51.4 Å². The van der Waals surface area contributed by atoms with Gasteiger partial charge in [0.25, 0.3) is 0 Å². The van der Waals surface area contributed by atoms with Gasteiger partial charge in [-0.05, 0) is 50.0 Å². The molecule has 10 heteroatoms. The number of nitrogens with one attached hydrogen (secondary N) is 2. The second-order valence-corrected chi connectivity index (χ2v) is 10.7. The maximum absolute atomic E-state index is 11.7. The van der Waals surface area contributed by atoms with Gasteiger partial charge in [0.05, 0.1) is 0 Å². The summed E-state index contributed by atoms with van der Waals surface area (Å²) in [7, 11) is 1.72. The zero-order valence-electron chi connectivity index (χ0n) is 22.0. The molecule has 6 rings (SSSR count). The number of imidazole rings is 1. The van der Waals surface area contributed by atoms with Crippen LogP contribution >= 0.6 is 0 Å². The third-order valence-electron chi connectivity index (χ3n) is 8.24. The fraction of sp³-hybridized carbons (Fsp3) is 0.536. The standard InChI is InChI=1S/C28H35N7O3/c1-17(19-14-9-15-19)29-23-21-24(31-25(30-23)26-33-28(36)38-34-26)32-27(22(37-2)20-12-7-4-8-13-20)35(21)16-18-10-5-3-6-11-18/h4,7-8,12-13,17-19,22H,3,5-6,9-11,14-16H2,1-2H3,(H,29,30,31)(H,33,34,36)/t17-,22?/m1/s1. The highest BCUT2D eigenvalue weighted by Gasteiger charge is 2.30. The Balaban J connectivity index is 1.53. The van der Waals surface area contributed by atoms with E-state index >= 15 is 0 Å². The summed E-state index contributed by atoms with van der Waals surface area (Å²) in [4.78, 5) is 29.0. The number of nitrogens with zero attached hydrogens (tertiary/aromatic N) is 5. The Morgan fingerprint density at radius 2 is 1.87 bits per heavy atom. The first-order valence-corrected chi connectivity index (χ1v) is 13.8. The maximum Gasteiger partial charge on any atom is 0.439 e. The lowest BCUT2D eigenvalue weighted by atomic mass is 9.80. The number of aromatic amines is 1. The summed E-state index contributed by atoms with van der Waals surface area (Å²) in [5.74, 6) is 2.47. The molecule has 0 spiro atoms. The summed E-state index contributed by atoms with van der Waals surface area (Å²) in [6.45, 7) is 3.04. The Labute approximate surface area is 221 Å². The van der Waals surface area contributed by atoms with Crippen LogP contribution in [0.5, 0.6) is 0 Å². The van der Waals surface area contributed by atoms with Gasteiger partial charge in [-0.15, -0.1) is 0 Å². The SMILES string of the molecule is COC(c1ccccc1)c1nc2nc(-c3noc(=O)[nH]3)nc(N[C@H](C)C3CCC3)c2n1CC1CCCCC1. The molecule has 200 valence electrons. The lowest BCUT2D eigenvalue weighted by molar-refractivity contribution is 0.124. The highest BCUT2D eigenvalue weighted by molar-refractivity contribution is 5.86. The van der Waals surface area contributed by atoms with Crippen LogP contribution in [-0.4, -0.2) is 42.8 Å². The van der Waals surface area contributed by atoms with Gasteiger partial charge < -0.3 is 14.6 Å². The van der Waals surface area contributed by atoms with Gasteiger partial charge >= 0.3 is 5.76 Å². The minimum atomic E-state index is -0.645. The summed E-state index contributed by atoms with van der Waals surface area (Å²) in [6.07, 6.45) is 9.51. The molecular weight excluding hydrogens is 482 g/mol. The fourth-order valence-electron chi connectivity index (χ4n) is 5.89. The Morgan fingerprint density at radius 3 is 2.53 bits per heavy atom. The predicted octanol–water partition coefficient (Wildman–Crippen LogP) is 5.09. The Kier molecular flexibility index (Phi) is 6.97. The van der Waals surface area contributed by atoms with Crippen molar-refractivity contribution in [3.63, 3.8) is 0 Å². The van der Waals surface area contributed by atoms with Crippen LogP contribution in [0.25, 0.3) is 22.8 Å². The van der Waals surface area contributed by atoms with Crippen molar-refractivity contribution in [2.75, 3.05) is 12.4 Å². The quantitative estimate of drug-likeness (QED) is 0.315. The Bertz CT molecular complexity index is 1430. The topological polar surface area (TPSA) is 124 Å². The van der Waals surface area contributed by atoms with Crippen LogP contribution in [0.1, 0.15) is 75.8 Å². The van der Waals surface area contributed by atoms with Crippen LogP contribution in [0.4, 0.5) is 5.82 Å². The molecule has 2 saturated carbocycles. The fourth-order valence-corrected chi connectivity index (χ4v) is 5.89. The molecule has 2 aliphatic carbocycles. The van der Waals surface area contributed by atoms with Crippen molar-refractivity contribution in [3.05, 3.63) is 52.3 Å². The molecule has 1 unspecified atom stereocenters. The van der Waals surface area contributed by atoms with Crippen LogP contribution in [0.15, 0.2) is 39.6 Å². The van der Waals surface area contributed by atoms with Gasteiger partial charge in [-0.2, -0.15) is 0 Å². The van der Waals surface area contributed by atoms with Crippen LogP contribution < -0.4 is 11.1 Å². The van der Waals surface area contributed by atoms with Gasteiger partial charge in [-0.3, -0.25) is 9.51 Å². The van der Waals surface area contributed by atoms with Gasteiger partial charge in [0.1, 0.15) is 17.4 Å². The van der Waals surface area contributed by atoms with E-state index in [-0.39, 0.29) is 23.8 Å². The van der Waals surface area contributed by atoms with Crippen molar-refractivity contribution in [2.24, 2.45) is 11.8 Å². The van der Waals surface area contributed by atoms with E-state index in [9.17, 15) is 4.79 Å². The summed E-state index contributed by atoms with van der Waals surface area (Å²) in [6, 6.07) is 10.4. The van der Waals surface area contributed by atoms with Crippen LogP contribution in [-0.2, 0) is 11.3 Å². The number of fused-ring (bicyclic) bond motifs is 1. The van der Waals surface area contributed by atoms with Gasteiger partial charge in [-0.25, -0.2) is 19.7 Å². The van der Waals surface area contributed by atoms with Gasteiger partial charge in [0.15, 0.2) is 11.5 Å². The number of aromatic nitrogens is 6. The number of H-pyrrole nitrogens is 1. The largest absolute Gasteiger partial charge is 0.439 e. The molecule has 4 aromatic rings. The molecule has 0 radical (unpaired) electrons. The molecule has 2 fully saturated rings. The molecule has 10 nitrogen and oxygen atoms in total. The zero-order valence-corrected chi connectivity index (χ0v) is 22.0. The molecule has 3 heterocycles. The number of hydrogen-bond acceptors (Lipinski definition) is 8. The van der Waals surface area contributed by atoms with E-state index < -0.39 is 5.76 Å². The highest BCUT2D eigenvalue weighted by atomic mass is 16.5. The van der Waals surface area contributed by atoms with E-state index in [1.54, 1.807) is 7.11 Å². The molecule has 3 aromatic heterocycles. The molecule has 2 aliphatic rings. The van der Waals surface area contributed by atoms with E-state index in [0.29, 0.717) is 23.3 Å². The molecule has 0 aliphatic heterocycles. The average Bonchev–Trinajstić information content (AvgIpc) is 3.49. The molecule has 1 aromatic carbocycles. The second-order valence-electron chi connectivity index (χ2n) is 10.7. The average molecular weight is 518 g/mol. The second kappa shape index (κ2) is 10.7. The van der Waals surface area contributed by atoms with Crippen LogP contribution in [0, 0.1) is 11.8 Å². The predicted molar refractivity (Wildman–Crippen MR) is 144 cm³/mol. The number of ether oxygens (including phenoxy) is 1. The molecule has 0 saturated heterocycles. The first-order chi connectivity index (χ1) is 18.6. The highest BCUT2D eigenvalue weighted by Crippen LogP contribution is 2.36. The number of anilines is 1. The van der Waals surface area contributed by atoms with Gasteiger partial charge in [0, 0.05) is 19.7 Å². The minimum absolute atomic E-state index is 0.186. The number of benzene rings is 1. The lowest BCUT2D eigenvalue weighted by Crippen LogP contribution is -2.31. The monoisotopic (exact) mass is 517 g/mol. The number of methoxy groups -OCH3 is 1. The Morgan fingerprint density at radius 1 is 1.08 bits per heavy atom. The zero-order chi connectivity index (χ0) is 26.1. The van der Waals surface area contributed by atoms with Gasteiger partial charge in [0.2, 0.25) is 11.6 Å². The van der Waals surface area contributed by atoms with Crippen molar-refractivity contribution >= 4 is 17.0 Å². The summed E-state index contributed by atoms with van der Waals surface area (Å²) >= 11 is 0. The third-order valence-corrected chi connectivity index (χ3v) is 8.24. The van der Waals surface area contributed by atoms with Gasteiger partial charge in [-0.1, -0.05) is 61.2 Å². The van der Waals surface area contributed by atoms with Crippen LogP contribution in [0.2, 0.25) is 0 Å². The molecule has 38 heavy (non-hydrogen) atoms. The summed E-state index contributed by atoms with van der Waals surface area (Å²) < 4.78 is 13.1. The Hall–Kier alpha value is -3.53. The molecule has 2 N–H and O–H groups in total. The minimum Gasteiger partial charge on any atom is -0.369 e.